The number of benzene rings is 1. The van der Waals surface area contributed by atoms with E-state index < -0.39 is 0 Å². The van der Waals surface area contributed by atoms with Crippen molar-refractivity contribution in [3.8, 4) is 5.75 Å². The number of alkyl halides is 1. The van der Waals surface area contributed by atoms with Crippen LogP contribution in [0.3, 0.4) is 0 Å². The number of fused-ring (bicyclic) bond motifs is 1. The normalized spacial score (nSPS) is 10.6. The summed E-state index contributed by atoms with van der Waals surface area (Å²) in [5.74, 6) is 0.782. The van der Waals surface area contributed by atoms with E-state index in [1.54, 1.807) is 13.4 Å². The largest absolute Gasteiger partial charge is 0.493 e. The van der Waals surface area contributed by atoms with Gasteiger partial charge in [-0.05, 0) is 6.07 Å². The number of para-hydroxylation sites is 1. The fraction of sp³-hybridized carbons (Fsp3) is 0.200. The summed E-state index contributed by atoms with van der Waals surface area (Å²) < 4.78 is 10.6. The second kappa shape index (κ2) is 3.42. The highest BCUT2D eigenvalue weighted by Crippen LogP contribution is 2.30. The first-order valence-corrected chi connectivity index (χ1v) is 5.08. The third-order valence-electron chi connectivity index (χ3n) is 2.01. The van der Waals surface area contributed by atoms with Gasteiger partial charge in [-0.25, -0.2) is 0 Å². The Hall–Kier alpha value is -0.960. The Balaban J connectivity index is 2.72. The van der Waals surface area contributed by atoms with Crippen LogP contribution in [0, 0.1) is 0 Å². The number of hydrogen-bond acceptors (Lipinski definition) is 2. The molecule has 0 saturated heterocycles. The van der Waals surface area contributed by atoms with Crippen molar-refractivity contribution in [2.24, 2.45) is 0 Å². The molecule has 0 aliphatic carbocycles. The molecule has 2 rings (SSSR count). The van der Waals surface area contributed by atoms with Gasteiger partial charge in [0, 0.05) is 16.3 Å². The monoisotopic (exact) mass is 240 g/mol. The van der Waals surface area contributed by atoms with E-state index in [4.69, 9.17) is 9.15 Å². The van der Waals surface area contributed by atoms with Crippen LogP contribution >= 0.6 is 15.9 Å². The van der Waals surface area contributed by atoms with E-state index in [0.717, 1.165) is 27.6 Å². The maximum Gasteiger partial charge on any atom is 0.175 e. The number of rotatable bonds is 2. The molecule has 13 heavy (non-hydrogen) atoms. The number of furan rings is 1. The fourth-order valence-electron chi connectivity index (χ4n) is 1.35. The zero-order valence-electron chi connectivity index (χ0n) is 7.21. The molecule has 1 aromatic heterocycles. The lowest BCUT2D eigenvalue weighted by Crippen LogP contribution is -1.82. The molecule has 1 aromatic carbocycles. The zero-order chi connectivity index (χ0) is 9.26. The topological polar surface area (TPSA) is 22.4 Å². The van der Waals surface area contributed by atoms with Crippen molar-refractivity contribution in [1.29, 1.82) is 0 Å². The second-order valence-electron chi connectivity index (χ2n) is 2.73. The maximum atomic E-state index is 5.41. The van der Waals surface area contributed by atoms with Gasteiger partial charge in [-0.15, -0.1) is 0 Å². The molecule has 3 heteroatoms. The summed E-state index contributed by atoms with van der Waals surface area (Å²) in [4.78, 5) is 0. The Bertz CT molecular complexity index is 420. The molecule has 0 fully saturated rings. The lowest BCUT2D eigenvalue weighted by atomic mass is 10.2. The van der Waals surface area contributed by atoms with Crippen molar-refractivity contribution in [2.45, 2.75) is 5.33 Å². The minimum atomic E-state index is 0.782. The van der Waals surface area contributed by atoms with Crippen LogP contribution in [0.4, 0.5) is 0 Å². The Labute approximate surface area is 84.6 Å². The van der Waals surface area contributed by atoms with Gasteiger partial charge in [0.2, 0.25) is 0 Å². The molecule has 0 amide bonds. The van der Waals surface area contributed by atoms with E-state index in [-0.39, 0.29) is 0 Å². The van der Waals surface area contributed by atoms with Crippen LogP contribution in [0.15, 0.2) is 28.9 Å². The van der Waals surface area contributed by atoms with E-state index in [9.17, 15) is 0 Å². The van der Waals surface area contributed by atoms with Crippen LogP contribution in [0.2, 0.25) is 0 Å². The van der Waals surface area contributed by atoms with E-state index in [0.29, 0.717) is 0 Å². The van der Waals surface area contributed by atoms with Gasteiger partial charge < -0.3 is 9.15 Å². The lowest BCUT2D eigenvalue weighted by Gasteiger charge is -1.98. The summed E-state index contributed by atoms with van der Waals surface area (Å²) in [6.07, 6.45) is 1.75. The number of hydrogen-bond donors (Lipinski definition) is 0. The molecule has 0 saturated carbocycles. The SMILES string of the molecule is COc1cccc2c(CBr)coc12. The Morgan fingerprint density at radius 3 is 3.00 bits per heavy atom. The van der Waals surface area contributed by atoms with Crippen LogP contribution in [-0.4, -0.2) is 7.11 Å². The van der Waals surface area contributed by atoms with Crippen LogP contribution in [0.25, 0.3) is 11.0 Å². The van der Waals surface area contributed by atoms with Gasteiger partial charge in [-0.1, -0.05) is 28.1 Å². The van der Waals surface area contributed by atoms with E-state index >= 15 is 0 Å². The highest BCUT2D eigenvalue weighted by Gasteiger charge is 2.08. The Kier molecular flexibility index (Phi) is 2.27. The molecular formula is C10H9BrO2. The molecule has 68 valence electrons. The van der Waals surface area contributed by atoms with Crippen molar-refractivity contribution < 1.29 is 9.15 Å². The smallest absolute Gasteiger partial charge is 0.175 e. The van der Waals surface area contributed by atoms with Crippen molar-refractivity contribution in [3.05, 3.63) is 30.0 Å². The second-order valence-corrected chi connectivity index (χ2v) is 3.29. The molecule has 2 aromatic rings. The highest BCUT2D eigenvalue weighted by atomic mass is 79.9. The first-order chi connectivity index (χ1) is 6.36. The third kappa shape index (κ3) is 1.33. The predicted octanol–water partition coefficient (Wildman–Crippen LogP) is 3.34. The van der Waals surface area contributed by atoms with Crippen LogP contribution in [-0.2, 0) is 5.33 Å². The van der Waals surface area contributed by atoms with E-state index in [1.807, 2.05) is 18.2 Å². The van der Waals surface area contributed by atoms with Crippen molar-refractivity contribution in [2.75, 3.05) is 7.11 Å². The van der Waals surface area contributed by atoms with Crippen LogP contribution in [0.1, 0.15) is 5.56 Å². The average Bonchev–Trinajstić information content (AvgIpc) is 2.60. The minimum absolute atomic E-state index is 0.782. The van der Waals surface area contributed by atoms with E-state index in [1.165, 1.54) is 0 Å². The molecule has 0 N–H and O–H groups in total. The third-order valence-corrected chi connectivity index (χ3v) is 2.61. The van der Waals surface area contributed by atoms with Gasteiger partial charge >= 0.3 is 0 Å². The van der Waals surface area contributed by atoms with Gasteiger partial charge in [0.25, 0.3) is 0 Å². The number of methoxy groups -OCH3 is 1. The highest BCUT2D eigenvalue weighted by molar-refractivity contribution is 9.08. The summed E-state index contributed by atoms with van der Waals surface area (Å²) in [7, 11) is 1.64. The fourth-order valence-corrected chi connectivity index (χ4v) is 1.78. The van der Waals surface area contributed by atoms with Crippen LogP contribution < -0.4 is 4.74 Å². The lowest BCUT2D eigenvalue weighted by molar-refractivity contribution is 0.410. The van der Waals surface area contributed by atoms with Gasteiger partial charge in [0.1, 0.15) is 0 Å². The molecule has 2 nitrogen and oxygen atoms in total. The number of halogens is 1. The predicted molar refractivity (Wildman–Crippen MR) is 55.4 cm³/mol. The van der Waals surface area contributed by atoms with E-state index in [2.05, 4.69) is 15.9 Å². The van der Waals surface area contributed by atoms with Crippen LogP contribution in [0.5, 0.6) is 5.75 Å². The minimum Gasteiger partial charge on any atom is -0.493 e. The molecule has 0 spiro atoms. The average molecular weight is 241 g/mol. The van der Waals surface area contributed by atoms with Crippen molar-refractivity contribution in [3.63, 3.8) is 0 Å². The molecule has 0 atom stereocenters. The molecule has 0 aliphatic rings. The quantitative estimate of drug-likeness (QED) is 0.752. The first kappa shape index (κ1) is 8.63. The standard InChI is InChI=1S/C10H9BrO2/c1-12-9-4-2-3-8-7(5-11)6-13-10(8)9/h2-4,6H,5H2,1H3. The summed E-state index contributed by atoms with van der Waals surface area (Å²) in [5.41, 5.74) is 1.97. The Morgan fingerprint density at radius 1 is 1.46 bits per heavy atom. The molecular weight excluding hydrogens is 232 g/mol. The maximum absolute atomic E-state index is 5.41. The van der Waals surface area contributed by atoms with Gasteiger partial charge in [0.05, 0.1) is 13.4 Å². The number of ether oxygens (including phenoxy) is 1. The molecule has 0 aliphatic heterocycles. The summed E-state index contributed by atoms with van der Waals surface area (Å²) in [6, 6.07) is 5.88. The summed E-state index contributed by atoms with van der Waals surface area (Å²) >= 11 is 3.40. The van der Waals surface area contributed by atoms with Gasteiger partial charge in [-0.2, -0.15) is 0 Å². The molecule has 0 bridgehead atoms. The molecule has 1 heterocycles. The zero-order valence-corrected chi connectivity index (χ0v) is 8.80. The first-order valence-electron chi connectivity index (χ1n) is 3.96. The molecule has 0 unspecified atom stereocenters. The summed E-state index contributed by atoms with van der Waals surface area (Å²) in [5, 5.41) is 1.91. The van der Waals surface area contributed by atoms with Gasteiger partial charge in [-0.3, -0.25) is 0 Å². The van der Waals surface area contributed by atoms with Crippen molar-refractivity contribution >= 4 is 26.9 Å². The van der Waals surface area contributed by atoms with Gasteiger partial charge in [0.15, 0.2) is 11.3 Å². The van der Waals surface area contributed by atoms with Crippen molar-refractivity contribution in [1.82, 2.24) is 0 Å². The molecule has 0 radical (unpaired) electrons. The summed E-state index contributed by atoms with van der Waals surface area (Å²) in [6.45, 7) is 0. The Morgan fingerprint density at radius 2 is 2.31 bits per heavy atom.